The molecular formula is C14H14FNO2. The number of ketones is 1. The zero-order chi connectivity index (χ0) is 13.0. The first-order valence-corrected chi connectivity index (χ1v) is 6.00. The van der Waals surface area contributed by atoms with E-state index >= 15 is 0 Å². The Bertz CT molecular complexity index is 475. The first-order valence-electron chi connectivity index (χ1n) is 6.00. The zero-order valence-electron chi connectivity index (χ0n) is 9.93. The Balaban J connectivity index is 2.11. The van der Waals surface area contributed by atoms with Crippen LogP contribution in [0.4, 0.5) is 4.39 Å². The molecule has 1 aliphatic heterocycles. The van der Waals surface area contributed by atoms with E-state index in [1.54, 1.807) is 6.07 Å². The van der Waals surface area contributed by atoms with Gasteiger partial charge in [0.1, 0.15) is 11.7 Å². The summed E-state index contributed by atoms with van der Waals surface area (Å²) < 4.78 is 18.9. The molecule has 0 bridgehead atoms. The Morgan fingerprint density at radius 2 is 2.33 bits per heavy atom. The van der Waals surface area contributed by atoms with E-state index in [2.05, 4.69) is 0 Å². The molecule has 2 rings (SSSR count). The molecule has 1 fully saturated rings. The number of nitriles is 1. The van der Waals surface area contributed by atoms with Crippen LogP contribution in [0.2, 0.25) is 0 Å². The van der Waals surface area contributed by atoms with E-state index in [1.807, 2.05) is 6.07 Å². The first-order chi connectivity index (χ1) is 8.72. The maximum atomic E-state index is 13.6. The van der Waals surface area contributed by atoms with Gasteiger partial charge in [-0.3, -0.25) is 4.79 Å². The third kappa shape index (κ3) is 2.74. The number of carbonyl (C=O) groups excluding carboxylic acids is 1. The van der Waals surface area contributed by atoms with Crippen molar-refractivity contribution in [2.45, 2.75) is 31.3 Å². The van der Waals surface area contributed by atoms with Gasteiger partial charge in [-0.15, -0.1) is 0 Å². The fourth-order valence-electron chi connectivity index (χ4n) is 2.17. The fraction of sp³-hybridized carbons (Fsp3) is 0.429. The topological polar surface area (TPSA) is 50.1 Å². The number of hydrogen-bond donors (Lipinski definition) is 0. The molecule has 4 heteroatoms. The van der Waals surface area contributed by atoms with Crippen LogP contribution >= 0.6 is 0 Å². The highest BCUT2D eigenvalue weighted by Gasteiger charge is 2.27. The van der Waals surface area contributed by atoms with Gasteiger partial charge in [0.2, 0.25) is 0 Å². The molecule has 18 heavy (non-hydrogen) atoms. The second-order valence-corrected chi connectivity index (χ2v) is 4.39. The van der Waals surface area contributed by atoms with Crippen molar-refractivity contribution in [1.82, 2.24) is 0 Å². The molecule has 1 heterocycles. The van der Waals surface area contributed by atoms with Crippen LogP contribution in [0.3, 0.4) is 0 Å². The van der Waals surface area contributed by atoms with E-state index < -0.39 is 11.7 Å². The SMILES string of the molecule is N#CC(C(=O)CC1CCCO1)c1ccccc1F. The molecule has 1 aliphatic rings. The number of rotatable bonds is 4. The van der Waals surface area contributed by atoms with Gasteiger partial charge in [-0.05, 0) is 18.9 Å². The van der Waals surface area contributed by atoms with Crippen molar-refractivity contribution in [1.29, 1.82) is 5.26 Å². The minimum atomic E-state index is -1.03. The molecule has 0 N–H and O–H groups in total. The van der Waals surface area contributed by atoms with Crippen LogP contribution in [-0.2, 0) is 9.53 Å². The fourth-order valence-corrected chi connectivity index (χ4v) is 2.17. The smallest absolute Gasteiger partial charge is 0.157 e. The van der Waals surface area contributed by atoms with Gasteiger partial charge in [0, 0.05) is 18.6 Å². The van der Waals surface area contributed by atoms with Crippen molar-refractivity contribution in [3.05, 3.63) is 35.6 Å². The summed E-state index contributed by atoms with van der Waals surface area (Å²) in [7, 11) is 0. The maximum Gasteiger partial charge on any atom is 0.157 e. The van der Waals surface area contributed by atoms with Crippen molar-refractivity contribution >= 4 is 5.78 Å². The summed E-state index contributed by atoms with van der Waals surface area (Å²) in [5.74, 6) is -1.81. The lowest BCUT2D eigenvalue weighted by Crippen LogP contribution is -2.19. The van der Waals surface area contributed by atoms with E-state index in [-0.39, 0.29) is 23.9 Å². The molecule has 3 nitrogen and oxygen atoms in total. The summed E-state index contributed by atoms with van der Waals surface area (Å²) in [5, 5.41) is 9.07. The Kier molecular flexibility index (Phi) is 4.06. The van der Waals surface area contributed by atoms with Crippen LogP contribution in [0.25, 0.3) is 0 Å². The number of carbonyl (C=O) groups is 1. The lowest BCUT2D eigenvalue weighted by Gasteiger charge is -2.12. The second kappa shape index (κ2) is 5.74. The number of Topliss-reactive ketones (excluding diaryl/α,β-unsaturated/α-hetero) is 1. The van der Waals surface area contributed by atoms with Crippen LogP contribution in [0.15, 0.2) is 24.3 Å². The Labute approximate surface area is 105 Å². The van der Waals surface area contributed by atoms with Crippen LogP contribution in [0, 0.1) is 17.1 Å². The normalized spacial score (nSPS) is 20.3. The Hall–Kier alpha value is -1.73. The molecule has 0 amide bonds. The van der Waals surface area contributed by atoms with Gasteiger partial charge < -0.3 is 4.74 Å². The number of ether oxygens (including phenoxy) is 1. The highest BCUT2D eigenvalue weighted by atomic mass is 19.1. The quantitative estimate of drug-likeness (QED) is 0.821. The minimum absolute atomic E-state index is 0.111. The van der Waals surface area contributed by atoms with Gasteiger partial charge in [-0.1, -0.05) is 18.2 Å². The molecule has 94 valence electrons. The highest BCUT2D eigenvalue weighted by molar-refractivity contribution is 5.88. The summed E-state index contributed by atoms with van der Waals surface area (Å²) in [6, 6.07) is 7.80. The van der Waals surface area contributed by atoms with Gasteiger partial charge in [-0.2, -0.15) is 5.26 Å². The Morgan fingerprint density at radius 3 is 2.94 bits per heavy atom. The van der Waals surface area contributed by atoms with Crippen LogP contribution < -0.4 is 0 Å². The Morgan fingerprint density at radius 1 is 1.56 bits per heavy atom. The summed E-state index contributed by atoms with van der Waals surface area (Å²) in [5.41, 5.74) is 0.156. The van der Waals surface area contributed by atoms with E-state index in [4.69, 9.17) is 10.00 Å². The number of nitrogens with zero attached hydrogens (tertiary/aromatic N) is 1. The lowest BCUT2D eigenvalue weighted by molar-refractivity contribution is -0.121. The molecule has 1 aromatic carbocycles. The third-order valence-corrected chi connectivity index (χ3v) is 3.12. The van der Waals surface area contributed by atoms with Crippen molar-refractivity contribution in [2.75, 3.05) is 6.61 Å². The maximum absolute atomic E-state index is 13.6. The van der Waals surface area contributed by atoms with Gasteiger partial charge in [0.25, 0.3) is 0 Å². The molecule has 0 radical (unpaired) electrons. The molecule has 2 atom stereocenters. The standard InChI is InChI=1S/C14H14FNO2/c15-13-6-2-1-5-11(13)12(9-16)14(17)8-10-4-3-7-18-10/h1-2,5-6,10,12H,3-4,7-8H2. The van der Waals surface area contributed by atoms with Gasteiger partial charge >= 0.3 is 0 Å². The predicted molar refractivity (Wildman–Crippen MR) is 63.4 cm³/mol. The summed E-state index contributed by atoms with van der Waals surface area (Å²) >= 11 is 0. The van der Waals surface area contributed by atoms with Crippen molar-refractivity contribution in [2.24, 2.45) is 0 Å². The van der Waals surface area contributed by atoms with Crippen LogP contribution in [-0.4, -0.2) is 18.5 Å². The molecular weight excluding hydrogens is 233 g/mol. The molecule has 0 spiro atoms. The largest absolute Gasteiger partial charge is 0.378 e. The second-order valence-electron chi connectivity index (χ2n) is 4.39. The van der Waals surface area contributed by atoms with Crippen molar-refractivity contribution in [3.63, 3.8) is 0 Å². The lowest BCUT2D eigenvalue weighted by atomic mass is 9.92. The van der Waals surface area contributed by atoms with Crippen LogP contribution in [0.1, 0.15) is 30.7 Å². The van der Waals surface area contributed by atoms with E-state index in [0.29, 0.717) is 6.61 Å². The van der Waals surface area contributed by atoms with E-state index in [9.17, 15) is 9.18 Å². The minimum Gasteiger partial charge on any atom is -0.378 e. The predicted octanol–water partition coefficient (Wildman–Crippen LogP) is 2.57. The number of hydrogen-bond acceptors (Lipinski definition) is 3. The van der Waals surface area contributed by atoms with E-state index in [0.717, 1.165) is 12.8 Å². The molecule has 1 saturated heterocycles. The van der Waals surface area contributed by atoms with E-state index in [1.165, 1.54) is 18.2 Å². The summed E-state index contributed by atoms with van der Waals surface area (Å²) in [6.07, 6.45) is 1.85. The molecule has 0 aromatic heterocycles. The molecule has 0 saturated carbocycles. The van der Waals surface area contributed by atoms with Gasteiger partial charge in [-0.25, -0.2) is 4.39 Å². The van der Waals surface area contributed by atoms with Gasteiger partial charge in [0.05, 0.1) is 12.2 Å². The zero-order valence-corrected chi connectivity index (χ0v) is 9.93. The first kappa shape index (κ1) is 12.7. The number of halogens is 1. The van der Waals surface area contributed by atoms with Crippen molar-refractivity contribution < 1.29 is 13.9 Å². The van der Waals surface area contributed by atoms with Crippen molar-refractivity contribution in [3.8, 4) is 6.07 Å². The molecule has 2 unspecified atom stereocenters. The summed E-state index contributed by atoms with van der Waals surface area (Å²) in [6.45, 7) is 0.662. The highest BCUT2D eigenvalue weighted by Crippen LogP contribution is 2.24. The average Bonchev–Trinajstić information content (AvgIpc) is 2.85. The monoisotopic (exact) mass is 247 g/mol. The number of benzene rings is 1. The molecule has 0 aliphatic carbocycles. The molecule has 1 aromatic rings. The van der Waals surface area contributed by atoms with Crippen LogP contribution in [0.5, 0.6) is 0 Å². The summed E-state index contributed by atoms with van der Waals surface area (Å²) in [4.78, 5) is 12.0. The average molecular weight is 247 g/mol. The third-order valence-electron chi connectivity index (χ3n) is 3.12. The van der Waals surface area contributed by atoms with Gasteiger partial charge in [0.15, 0.2) is 5.78 Å².